The Labute approximate surface area is 209 Å². The first-order valence-corrected chi connectivity index (χ1v) is 13.8. The summed E-state index contributed by atoms with van der Waals surface area (Å²) >= 11 is 0. The van der Waals surface area contributed by atoms with Crippen LogP contribution in [0.4, 0.5) is 0 Å². The molecule has 0 fully saturated rings. The molecule has 0 saturated heterocycles. The van der Waals surface area contributed by atoms with Crippen LogP contribution < -0.4 is 0 Å². The summed E-state index contributed by atoms with van der Waals surface area (Å²) in [5, 5.41) is 9.04. The first-order chi connectivity index (χ1) is 16.6. The number of aliphatic hydroxyl groups is 1. The van der Waals surface area contributed by atoms with Gasteiger partial charge in [0.25, 0.3) is 0 Å². The number of carbonyl (C=O) groups is 2. The minimum atomic E-state index is -0.168. The number of carbonyl (C=O) groups excluding carboxylic acids is 2. The highest BCUT2D eigenvalue weighted by Gasteiger charge is 2.15. The molecule has 0 radical (unpaired) electrons. The number of ether oxygens (including phenoxy) is 2. The van der Waals surface area contributed by atoms with Crippen molar-refractivity contribution >= 4 is 11.9 Å². The maximum atomic E-state index is 12.1. The summed E-state index contributed by atoms with van der Waals surface area (Å²) in [6, 6.07) is 0. The quantitative estimate of drug-likeness (QED) is 0.0790. The molecule has 0 aliphatic carbocycles. The molecule has 0 unspecified atom stereocenters. The highest BCUT2D eigenvalue weighted by molar-refractivity contribution is 5.69. The van der Waals surface area contributed by atoms with E-state index in [-0.39, 0.29) is 37.7 Å². The van der Waals surface area contributed by atoms with Gasteiger partial charge >= 0.3 is 11.9 Å². The number of rotatable bonds is 26. The smallest absolute Gasteiger partial charge is 0.305 e. The molecule has 0 atom stereocenters. The first kappa shape index (κ1) is 32.4. The fourth-order valence-corrected chi connectivity index (χ4v) is 3.86. The second-order valence-electron chi connectivity index (χ2n) is 9.35. The Morgan fingerprint density at radius 1 is 0.618 bits per heavy atom. The lowest BCUT2D eigenvalue weighted by Gasteiger charge is -2.17. The van der Waals surface area contributed by atoms with E-state index in [1.165, 1.54) is 38.5 Å². The molecule has 0 spiro atoms. The van der Waals surface area contributed by atoms with Gasteiger partial charge in [0, 0.05) is 25.4 Å². The molecule has 0 heterocycles. The van der Waals surface area contributed by atoms with Crippen molar-refractivity contribution in [3.63, 3.8) is 0 Å². The maximum absolute atomic E-state index is 12.1. The Balaban J connectivity index is 3.95. The van der Waals surface area contributed by atoms with Gasteiger partial charge in [0.2, 0.25) is 0 Å². The number of esters is 2. The predicted molar refractivity (Wildman–Crippen MR) is 141 cm³/mol. The Kier molecular flexibility index (Phi) is 24.8. The van der Waals surface area contributed by atoms with Crippen LogP contribution >= 0.6 is 0 Å². The molecular weight excluding hydrogens is 428 g/mol. The van der Waals surface area contributed by atoms with E-state index in [1.807, 2.05) is 12.2 Å². The number of hydrogen-bond acceptors (Lipinski definition) is 5. The summed E-state index contributed by atoms with van der Waals surface area (Å²) in [6.07, 6.45) is 22.7. The maximum Gasteiger partial charge on any atom is 0.305 e. The second kappa shape index (κ2) is 26.0. The minimum absolute atomic E-state index is 0.00540. The van der Waals surface area contributed by atoms with Gasteiger partial charge < -0.3 is 14.6 Å². The van der Waals surface area contributed by atoms with Gasteiger partial charge in [-0.25, -0.2) is 0 Å². The van der Waals surface area contributed by atoms with Crippen molar-refractivity contribution in [1.29, 1.82) is 0 Å². The fraction of sp³-hybridized carbons (Fsp3) is 0.793. The van der Waals surface area contributed by atoms with Crippen molar-refractivity contribution in [3.05, 3.63) is 25.3 Å². The van der Waals surface area contributed by atoms with Crippen LogP contribution in [0.2, 0.25) is 0 Å². The number of hydrogen-bond donors (Lipinski definition) is 1. The van der Waals surface area contributed by atoms with Crippen LogP contribution in [0.25, 0.3) is 0 Å². The predicted octanol–water partition coefficient (Wildman–Crippen LogP) is 7.47. The normalized spacial score (nSPS) is 10.9. The van der Waals surface area contributed by atoms with Crippen LogP contribution in [0.15, 0.2) is 25.3 Å². The van der Waals surface area contributed by atoms with Crippen LogP contribution in [-0.4, -0.2) is 36.9 Å². The monoisotopic (exact) mass is 480 g/mol. The second-order valence-corrected chi connectivity index (χ2v) is 9.35. The molecule has 0 rings (SSSR count). The fourth-order valence-electron chi connectivity index (χ4n) is 3.86. The van der Waals surface area contributed by atoms with Crippen LogP contribution in [0.5, 0.6) is 0 Å². The van der Waals surface area contributed by atoms with Crippen LogP contribution in [0.3, 0.4) is 0 Å². The van der Waals surface area contributed by atoms with Crippen molar-refractivity contribution in [3.8, 4) is 0 Å². The third-order valence-electron chi connectivity index (χ3n) is 6.06. The van der Waals surface area contributed by atoms with E-state index in [0.29, 0.717) is 19.3 Å². The van der Waals surface area contributed by atoms with E-state index in [0.717, 1.165) is 64.2 Å². The lowest BCUT2D eigenvalue weighted by atomic mass is 10.0. The van der Waals surface area contributed by atoms with Gasteiger partial charge in [0.05, 0.1) is 13.2 Å². The molecule has 0 bridgehead atoms. The van der Waals surface area contributed by atoms with Gasteiger partial charge in [-0.15, -0.1) is 13.2 Å². The summed E-state index contributed by atoms with van der Waals surface area (Å²) in [5.41, 5.74) is 0. The lowest BCUT2D eigenvalue weighted by Crippen LogP contribution is -2.21. The molecule has 0 aromatic carbocycles. The molecule has 34 heavy (non-hydrogen) atoms. The van der Waals surface area contributed by atoms with Crippen molar-refractivity contribution in [2.45, 2.75) is 122 Å². The van der Waals surface area contributed by atoms with E-state index < -0.39 is 0 Å². The zero-order valence-electron chi connectivity index (χ0n) is 21.8. The Morgan fingerprint density at radius 3 is 1.44 bits per heavy atom. The number of allylic oxidation sites excluding steroid dienone is 2. The molecule has 0 saturated carbocycles. The Morgan fingerprint density at radius 2 is 1.03 bits per heavy atom. The van der Waals surface area contributed by atoms with Gasteiger partial charge in [0.1, 0.15) is 0 Å². The van der Waals surface area contributed by atoms with Crippen LogP contribution in [0, 0.1) is 5.92 Å². The summed E-state index contributed by atoms with van der Waals surface area (Å²) < 4.78 is 10.9. The SMILES string of the molecule is C=CCCCCCCCCC(=O)OCC(CCCCO)COC(=O)CCCCCCCCC=C. The van der Waals surface area contributed by atoms with Gasteiger partial charge in [-0.3, -0.25) is 9.59 Å². The Hall–Kier alpha value is -1.62. The molecule has 0 aromatic heterocycles. The van der Waals surface area contributed by atoms with Crippen molar-refractivity contribution < 1.29 is 24.2 Å². The zero-order valence-corrected chi connectivity index (χ0v) is 21.8. The third kappa shape index (κ3) is 23.5. The molecular formula is C29H52O5. The van der Waals surface area contributed by atoms with E-state index >= 15 is 0 Å². The van der Waals surface area contributed by atoms with Crippen molar-refractivity contribution in [2.75, 3.05) is 19.8 Å². The van der Waals surface area contributed by atoms with Crippen LogP contribution in [-0.2, 0) is 19.1 Å². The number of aliphatic hydroxyl groups excluding tert-OH is 1. The molecule has 0 aromatic rings. The summed E-state index contributed by atoms with van der Waals surface area (Å²) in [6.45, 7) is 8.18. The highest BCUT2D eigenvalue weighted by atomic mass is 16.5. The van der Waals surface area contributed by atoms with Crippen LogP contribution in [0.1, 0.15) is 122 Å². The lowest BCUT2D eigenvalue weighted by molar-refractivity contribution is -0.149. The molecule has 1 N–H and O–H groups in total. The van der Waals surface area contributed by atoms with E-state index in [9.17, 15) is 9.59 Å². The average Bonchev–Trinajstić information content (AvgIpc) is 2.83. The largest absolute Gasteiger partial charge is 0.465 e. The molecule has 0 aliphatic heterocycles. The summed E-state index contributed by atoms with van der Waals surface area (Å²) in [5.74, 6) is -0.342. The molecule has 0 amide bonds. The van der Waals surface area contributed by atoms with E-state index in [4.69, 9.17) is 14.6 Å². The average molecular weight is 481 g/mol. The molecule has 198 valence electrons. The number of unbranched alkanes of at least 4 members (excludes halogenated alkanes) is 13. The van der Waals surface area contributed by atoms with Crippen molar-refractivity contribution in [2.24, 2.45) is 5.92 Å². The summed E-state index contributed by atoms with van der Waals surface area (Å²) in [4.78, 5) is 24.2. The van der Waals surface area contributed by atoms with Gasteiger partial charge in [-0.05, 0) is 51.4 Å². The topological polar surface area (TPSA) is 72.8 Å². The Bertz CT molecular complexity index is 463. The minimum Gasteiger partial charge on any atom is -0.465 e. The van der Waals surface area contributed by atoms with Gasteiger partial charge in [0.15, 0.2) is 0 Å². The molecule has 5 heteroatoms. The van der Waals surface area contributed by atoms with Gasteiger partial charge in [-0.1, -0.05) is 69.9 Å². The third-order valence-corrected chi connectivity index (χ3v) is 6.06. The van der Waals surface area contributed by atoms with E-state index in [1.54, 1.807) is 0 Å². The van der Waals surface area contributed by atoms with Gasteiger partial charge in [-0.2, -0.15) is 0 Å². The first-order valence-electron chi connectivity index (χ1n) is 13.8. The van der Waals surface area contributed by atoms with E-state index in [2.05, 4.69) is 13.2 Å². The molecule has 5 nitrogen and oxygen atoms in total. The molecule has 0 aliphatic rings. The van der Waals surface area contributed by atoms with Crippen molar-refractivity contribution in [1.82, 2.24) is 0 Å². The highest BCUT2D eigenvalue weighted by Crippen LogP contribution is 2.14. The zero-order chi connectivity index (χ0) is 25.1. The standard InChI is InChI=1S/C29H52O5/c1-3-5-7-9-11-13-15-17-22-28(31)33-25-27(21-19-20-24-30)26-34-29(32)23-18-16-14-12-10-8-6-4-2/h3-4,27,30H,1-2,5-26H2. The summed E-state index contributed by atoms with van der Waals surface area (Å²) in [7, 11) is 0.